The van der Waals surface area contributed by atoms with Gasteiger partial charge in [0.15, 0.2) is 29.2 Å². The van der Waals surface area contributed by atoms with E-state index in [-0.39, 0.29) is 70.4 Å². The molecule has 0 radical (unpaired) electrons. The van der Waals surface area contributed by atoms with Crippen molar-refractivity contribution in [3.8, 4) is 17.2 Å². The van der Waals surface area contributed by atoms with E-state index < -0.39 is 64.4 Å². The molecule has 10 atom stereocenters. The summed E-state index contributed by atoms with van der Waals surface area (Å²) in [4.78, 5) is 69.3. The molecule has 1 spiro atoms. The van der Waals surface area contributed by atoms with Crippen LogP contribution in [0.2, 0.25) is 0 Å². The van der Waals surface area contributed by atoms with Crippen LogP contribution in [0.3, 0.4) is 0 Å². The maximum Gasteiger partial charge on any atom is 0.308 e. The molecule has 13 nitrogen and oxygen atoms in total. The fourth-order valence-corrected chi connectivity index (χ4v) is 9.26. The van der Waals surface area contributed by atoms with E-state index in [9.17, 15) is 29.4 Å². The van der Waals surface area contributed by atoms with Crippen molar-refractivity contribution in [3.63, 3.8) is 0 Å². The predicted molar refractivity (Wildman–Crippen MR) is 174 cm³/mol. The van der Waals surface area contributed by atoms with Crippen LogP contribution < -0.4 is 4.74 Å². The number of aromatic hydroxyl groups is 2. The van der Waals surface area contributed by atoms with E-state index in [1.54, 1.807) is 6.92 Å². The Morgan fingerprint density at radius 1 is 1.04 bits per heavy atom. The van der Waals surface area contributed by atoms with E-state index in [0.29, 0.717) is 18.8 Å². The highest BCUT2D eigenvalue weighted by Gasteiger charge is 2.70. The number of benzene rings is 1. The molecule has 13 heteroatoms. The van der Waals surface area contributed by atoms with E-state index in [0.717, 1.165) is 19.3 Å². The Morgan fingerprint density at radius 2 is 1.78 bits per heavy atom. The third-order valence-corrected chi connectivity index (χ3v) is 12.2. The molecule has 2 bridgehead atoms. The average Bonchev–Trinajstić information content (AvgIpc) is 3.16. The topological polar surface area (TPSA) is 176 Å². The fourth-order valence-electron chi connectivity index (χ4n) is 9.26. The second-order valence-electron chi connectivity index (χ2n) is 15.3. The molecule has 5 aliphatic heterocycles. The van der Waals surface area contributed by atoms with Gasteiger partial charge in [-0.3, -0.25) is 24.2 Å². The highest BCUT2D eigenvalue weighted by molar-refractivity contribution is 6.29. The number of phenolic OH excluding ortho intramolecular Hbond substituents is 2. The maximum absolute atomic E-state index is 14.1. The minimum atomic E-state index is -1.60. The standard InChI is InChI=1S/C37H45NO12/c1-16-10-11-22-17(2)33(47-34-37(22)21(16)12-13-35(6,48-34)49-50-37)46-25(41)9-8-14-38-19(4)26-23(40)15-24-36(7,32(26)44)28-30(43)18(3)29(42)27(20(5)39)31(28)45-24/h15-17,21-22,26,33-34,42-43H,8-14H2,1-7H3. The lowest BCUT2D eigenvalue weighted by Crippen LogP contribution is -2.70. The van der Waals surface area contributed by atoms with Crippen LogP contribution in [0, 0.1) is 36.5 Å². The monoisotopic (exact) mass is 695 g/mol. The Morgan fingerprint density at radius 3 is 2.50 bits per heavy atom. The maximum atomic E-state index is 14.1. The van der Waals surface area contributed by atoms with E-state index in [1.165, 1.54) is 26.8 Å². The van der Waals surface area contributed by atoms with Crippen LogP contribution in [-0.2, 0) is 43.8 Å². The summed E-state index contributed by atoms with van der Waals surface area (Å²) in [5, 5.41) is 21.6. The van der Waals surface area contributed by atoms with E-state index in [1.807, 2.05) is 13.8 Å². The summed E-state index contributed by atoms with van der Waals surface area (Å²) in [6.45, 7) is 12.0. The number of hydrogen-bond acceptors (Lipinski definition) is 13. The summed E-state index contributed by atoms with van der Waals surface area (Å²) in [6.07, 6.45) is 3.43. The van der Waals surface area contributed by atoms with Gasteiger partial charge in [0.1, 0.15) is 39.9 Å². The molecule has 8 rings (SSSR count). The van der Waals surface area contributed by atoms with Gasteiger partial charge in [0.25, 0.3) is 0 Å². The average molecular weight is 696 g/mol. The quantitative estimate of drug-likeness (QED) is 0.0987. The van der Waals surface area contributed by atoms with Gasteiger partial charge in [-0.2, -0.15) is 0 Å². The zero-order valence-electron chi connectivity index (χ0n) is 29.5. The molecular formula is C37H45NO12. The molecule has 5 fully saturated rings. The first-order valence-corrected chi connectivity index (χ1v) is 17.5. The van der Waals surface area contributed by atoms with Crippen LogP contribution in [0.1, 0.15) is 102 Å². The van der Waals surface area contributed by atoms with Gasteiger partial charge >= 0.3 is 5.97 Å². The Kier molecular flexibility index (Phi) is 8.32. The summed E-state index contributed by atoms with van der Waals surface area (Å²) in [7, 11) is 0. The number of rotatable bonds is 7. The Balaban J connectivity index is 1.02. The van der Waals surface area contributed by atoms with Crippen LogP contribution in [0.15, 0.2) is 16.8 Å². The molecule has 0 amide bonds. The van der Waals surface area contributed by atoms with Crippen molar-refractivity contribution in [2.75, 3.05) is 6.54 Å². The SMILES string of the molecule is CC(=O)c1c(O)c(C)c(O)c2c1OC1=CC(=O)C(C(C)=NCCCC(=O)OC3OC4OC5(C)CCC6C(C)CCC(C3C)C46OO5)C(=O)C12C. The first kappa shape index (κ1) is 34.8. The van der Waals surface area contributed by atoms with Crippen LogP contribution in [0.25, 0.3) is 0 Å². The number of phenols is 2. The number of Topliss-reactive ketones (excluding diaryl/α,β-unsaturated/α-hetero) is 2. The molecular weight excluding hydrogens is 650 g/mol. The number of ether oxygens (including phenoxy) is 4. The van der Waals surface area contributed by atoms with E-state index in [2.05, 4.69) is 11.9 Å². The summed E-state index contributed by atoms with van der Waals surface area (Å²) >= 11 is 0. The third-order valence-electron chi connectivity index (χ3n) is 12.2. The number of fused-ring (bicyclic) bond motifs is 5. The van der Waals surface area contributed by atoms with Crippen molar-refractivity contribution in [1.29, 1.82) is 0 Å². The van der Waals surface area contributed by atoms with Crippen LogP contribution in [0.5, 0.6) is 17.2 Å². The number of aliphatic imine (C=N–C) groups is 1. The van der Waals surface area contributed by atoms with Gasteiger partial charge < -0.3 is 29.2 Å². The molecule has 4 saturated heterocycles. The van der Waals surface area contributed by atoms with Gasteiger partial charge in [0.2, 0.25) is 12.1 Å². The number of hydrogen-bond donors (Lipinski definition) is 2. The largest absolute Gasteiger partial charge is 0.507 e. The normalized spacial score (nSPS) is 38.7. The van der Waals surface area contributed by atoms with Crippen molar-refractivity contribution in [2.45, 2.75) is 116 Å². The summed E-state index contributed by atoms with van der Waals surface area (Å²) < 4.78 is 24.4. The van der Waals surface area contributed by atoms with Gasteiger partial charge in [0, 0.05) is 48.6 Å². The molecule has 5 heterocycles. The Bertz CT molecular complexity index is 1750. The molecule has 1 aromatic rings. The number of nitrogens with zero attached hydrogens (tertiary/aromatic N) is 1. The molecule has 1 aromatic carbocycles. The first-order chi connectivity index (χ1) is 23.5. The van der Waals surface area contributed by atoms with Crippen LogP contribution in [0.4, 0.5) is 0 Å². The number of carbonyl (C=O) groups is 4. The predicted octanol–water partition coefficient (Wildman–Crippen LogP) is 4.90. The van der Waals surface area contributed by atoms with Crippen molar-refractivity contribution < 1.29 is 58.1 Å². The number of ketones is 3. The van der Waals surface area contributed by atoms with E-state index >= 15 is 0 Å². The first-order valence-electron chi connectivity index (χ1n) is 17.5. The summed E-state index contributed by atoms with van der Waals surface area (Å²) in [6, 6.07) is 0. The number of esters is 1. The van der Waals surface area contributed by atoms with Crippen molar-refractivity contribution in [1.82, 2.24) is 0 Å². The highest BCUT2D eigenvalue weighted by Crippen LogP contribution is 2.61. The molecule has 7 aliphatic rings. The summed E-state index contributed by atoms with van der Waals surface area (Å²) in [5.41, 5.74) is -2.23. The lowest BCUT2D eigenvalue weighted by atomic mass is 9.58. The molecule has 0 aromatic heterocycles. The second-order valence-corrected chi connectivity index (χ2v) is 15.3. The highest BCUT2D eigenvalue weighted by atomic mass is 17.3. The molecule has 10 unspecified atom stereocenters. The molecule has 2 aliphatic carbocycles. The Labute approximate surface area is 290 Å². The van der Waals surface area contributed by atoms with Gasteiger partial charge in [0.05, 0.1) is 5.56 Å². The lowest BCUT2D eigenvalue weighted by molar-refractivity contribution is -0.576. The molecule has 2 N–H and O–H groups in total. The number of carbonyl (C=O) groups excluding carboxylic acids is 4. The van der Waals surface area contributed by atoms with Gasteiger partial charge in [-0.25, -0.2) is 9.78 Å². The smallest absolute Gasteiger partial charge is 0.308 e. The Hall–Kier alpha value is -3.65. The van der Waals surface area contributed by atoms with Gasteiger partial charge in [-0.15, -0.1) is 0 Å². The van der Waals surface area contributed by atoms with Crippen LogP contribution in [-0.4, -0.2) is 69.8 Å². The summed E-state index contributed by atoms with van der Waals surface area (Å²) in [5.74, 6) is -4.88. The lowest BCUT2D eigenvalue weighted by Gasteiger charge is -2.59. The van der Waals surface area contributed by atoms with Crippen LogP contribution >= 0.6 is 0 Å². The van der Waals surface area contributed by atoms with Gasteiger partial charge in [-0.05, 0) is 72.1 Å². The zero-order chi connectivity index (χ0) is 36.1. The van der Waals surface area contributed by atoms with Crippen molar-refractivity contribution >= 4 is 29.0 Å². The molecule has 50 heavy (non-hydrogen) atoms. The number of allylic oxidation sites excluding steroid dienone is 2. The van der Waals surface area contributed by atoms with Gasteiger partial charge in [-0.1, -0.05) is 13.8 Å². The molecule has 1 saturated carbocycles. The fraction of sp³-hybridized carbons (Fsp3) is 0.649. The zero-order valence-corrected chi connectivity index (χ0v) is 29.5. The minimum Gasteiger partial charge on any atom is -0.507 e. The van der Waals surface area contributed by atoms with Crippen molar-refractivity contribution in [2.24, 2.45) is 34.6 Å². The second kappa shape index (κ2) is 12.0. The van der Waals surface area contributed by atoms with Crippen molar-refractivity contribution in [3.05, 3.63) is 28.5 Å². The minimum absolute atomic E-state index is 0.0138. The third kappa shape index (κ3) is 4.91. The van der Waals surface area contributed by atoms with E-state index in [4.69, 9.17) is 28.7 Å². The molecule has 270 valence electrons.